The van der Waals surface area contributed by atoms with Gasteiger partial charge in [0, 0.05) is 32.2 Å². The van der Waals surface area contributed by atoms with Gasteiger partial charge in [-0.2, -0.15) is 4.98 Å². The first kappa shape index (κ1) is 15.8. The highest BCUT2D eigenvalue weighted by Crippen LogP contribution is 2.29. The van der Waals surface area contributed by atoms with Crippen LogP contribution in [0.25, 0.3) is 0 Å². The summed E-state index contributed by atoms with van der Waals surface area (Å²) >= 11 is 0. The lowest BCUT2D eigenvalue weighted by atomic mass is 10.2. The van der Waals surface area contributed by atoms with Crippen molar-refractivity contribution in [2.45, 2.75) is 46.3 Å². The molecule has 6 nitrogen and oxygen atoms in total. The van der Waals surface area contributed by atoms with Gasteiger partial charge < -0.3 is 15.4 Å². The third kappa shape index (κ3) is 3.75. The molecule has 1 atom stereocenters. The number of rotatable bonds is 5. The Kier molecular flexibility index (Phi) is 5.22. The standard InChI is InChI=1S/C15H27N5O/c1-5-12(4)19-6-8-20(9-7-19)14-13(16)15(18-10-17-14)21-11(2)3/h10-12H,5-9,16H2,1-4H3. The van der Waals surface area contributed by atoms with E-state index in [9.17, 15) is 0 Å². The fraction of sp³-hybridized carbons (Fsp3) is 0.733. The van der Waals surface area contributed by atoms with Gasteiger partial charge in [0.15, 0.2) is 5.82 Å². The smallest absolute Gasteiger partial charge is 0.242 e. The van der Waals surface area contributed by atoms with Crippen LogP contribution in [0.1, 0.15) is 34.1 Å². The van der Waals surface area contributed by atoms with Gasteiger partial charge in [-0.05, 0) is 27.2 Å². The third-order valence-electron chi connectivity index (χ3n) is 4.00. The van der Waals surface area contributed by atoms with E-state index in [1.807, 2.05) is 13.8 Å². The second kappa shape index (κ2) is 6.93. The highest BCUT2D eigenvalue weighted by atomic mass is 16.5. The number of nitrogens with two attached hydrogens (primary N) is 1. The second-order valence-electron chi connectivity index (χ2n) is 5.86. The van der Waals surface area contributed by atoms with Crippen molar-refractivity contribution in [3.63, 3.8) is 0 Å². The Balaban J connectivity index is 2.06. The molecule has 118 valence electrons. The predicted octanol–water partition coefficient (Wildman–Crippen LogP) is 1.77. The molecule has 0 aliphatic carbocycles. The van der Waals surface area contributed by atoms with E-state index in [0.717, 1.165) is 32.0 Å². The van der Waals surface area contributed by atoms with Gasteiger partial charge >= 0.3 is 0 Å². The van der Waals surface area contributed by atoms with E-state index < -0.39 is 0 Å². The van der Waals surface area contributed by atoms with Crippen LogP contribution < -0.4 is 15.4 Å². The molecule has 1 aliphatic rings. The van der Waals surface area contributed by atoms with Gasteiger partial charge in [0.2, 0.25) is 5.88 Å². The maximum atomic E-state index is 6.18. The summed E-state index contributed by atoms with van der Waals surface area (Å²) in [7, 11) is 0. The number of hydrogen-bond acceptors (Lipinski definition) is 6. The van der Waals surface area contributed by atoms with Crippen molar-refractivity contribution < 1.29 is 4.74 Å². The Morgan fingerprint density at radius 1 is 1.19 bits per heavy atom. The van der Waals surface area contributed by atoms with Crippen LogP contribution in [0.4, 0.5) is 11.5 Å². The molecule has 0 radical (unpaired) electrons. The third-order valence-corrected chi connectivity index (χ3v) is 4.00. The van der Waals surface area contributed by atoms with E-state index in [0.29, 0.717) is 17.6 Å². The summed E-state index contributed by atoms with van der Waals surface area (Å²) in [6.07, 6.45) is 2.77. The molecule has 0 amide bonds. The number of aromatic nitrogens is 2. The molecule has 0 aromatic carbocycles. The van der Waals surface area contributed by atoms with E-state index in [2.05, 4.69) is 33.6 Å². The molecular weight excluding hydrogens is 266 g/mol. The topological polar surface area (TPSA) is 67.5 Å². The summed E-state index contributed by atoms with van der Waals surface area (Å²) in [5.74, 6) is 1.28. The first-order chi connectivity index (χ1) is 10.0. The van der Waals surface area contributed by atoms with Crippen LogP contribution in [0.2, 0.25) is 0 Å². The van der Waals surface area contributed by atoms with Gasteiger partial charge in [0.1, 0.15) is 12.0 Å². The van der Waals surface area contributed by atoms with Crippen molar-refractivity contribution in [1.82, 2.24) is 14.9 Å². The van der Waals surface area contributed by atoms with Crippen molar-refractivity contribution in [2.75, 3.05) is 36.8 Å². The molecule has 1 unspecified atom stereocenters. The molecule has 1 aromatic rings. The largest absolute Gasteiger partial charge is 0.473 e. The van der Waals surface area contributed by atoms with E-state index in [1.54, 1.807) is 0 Å². The SMILES string of the molecule is CCC(C)N1CCN(c2ncnc(OC(C)C)c2N)CC1. The summed E-state index contributed by atoms with van der Waals surface area (Å²) in [6.45, 7) is 12.4. The quantitative estimate of drug-likeness (QED) is 0.892. The Morgan fingerprint density at radius 2 is 1.86 bits per heavy atom. The molecule has 0 bridgehead atoms. The van der Waals surface area contributed by atoms with Crippen molar-refractivity contribution in [3.8, 4) is 5.88 Å². The lowest BCUT2D eigenvalue weighted by Crippen LogP contribution is -2.49. The van der Waals surface area contributed by atoms with E-state index in [-0.39, 0.29) is 6.10 Å². The Hall–Kier alpha value is -1.56. The first-order valence-electron chi connectivity index (χ1n) is 7.79. The van der Waals surface area contributed by atoms with E-state index in [1.165, 1.54) is 12.7 Å². The molecule has 0 spiro atoms. The Labute approximate surface area is 127 Å². The Bertz CT molecular complexity index is 457. The molecule has 21 heavy (non-hydrogen) atoms. The maximum absolute atomic E-state index is 6.18. The van der Waals surface area contributed by atoms with Gasteiger partial charge in [-0.15, -0.1) is 0 Å². The van der Waals surface area contributed by atoms with Crippen molar-refractivity contribution >= 4 is 11.5 Å². The number of nitrogen functional groups attached to an aromatic ring is 1. The monoisotopic (exact) mass is 293 g/mol. The Morgan fingerprint density at radius 3 is 2.43 bits per heavy atom. The van der Waals surface area contributed by atoms with Crippen LogP contribution in [0.3, 0.4) is 0 Å². The number of ether oxygens (including phenoxy) is 1. The van der Waals surface area contributed by atoms with Gasteiger partial charge in [-0.25, -0.2) is 4.98 Å². The molecule has 2 rings (SSSR count). The molecule has 2 N–H and O–H groups in total. The van der Waals surface area contributed by atoms with Gasteiger partial charge in [0.25, 0.3) is 0 Å². The summed E-state index contributed by atoms with van der Waals surface area (Å²) in [5, 5.41) is 0. The first-order valence-corrected chi connectivity index (χ1v) is 7.79. The zero-order valence-corrected chi connectivity index (χ0v) is 13.5. The second-order valence-corrected chi connectivity index (χ2v) is 5.86. The molecule has 1 aromatic heterocycles. The van der Waals surface area contributed by atoms with Crippen molar-refractivity contribution in [1.29, 1.82) is 0 Å². The predicted molar refractivity (Wildman–Crippen MR) is 85.7 cm³/mol. The summed E-state index contributed by atoms with van der Waals surface area (Å²) < 4.78 is 5.64. The van der Waals surface area contributed by atoms with Crippen LogP contribution in [0.15, 0.2) is 6.33 Å². The number of anilines is 2. The van der Waals surface area contributed by atoms with Crippen LogP contribution in [-0.2, 0) is 0 Å². The van der Waals surface area contributed by atoms with Gasteiger partial charge in [-0.1, -0.05) is 6.92 Å². The summed E-state index contributed by atoms with van der Waals surface area (Å²) in [6, 6.07) is 0.634. The molecule has 2 heterocycles. The van der Waals surface area contributed by atoms with Gasteiger partial charge in [-0.3, -0.25) is 4.90 Å². The fourth-order valence-electron chi connectivity index (χ4n) is 2.57. The van der Waals surface area contributed by atoms with Crippen molar-refractivity contribution in [2.24, 2.45) is 0 Å². The van der Waals surface area contributed by atoms with Crippen LogP contribution in [0, 0.1) is 0 Å². The summed E-state index contributed by atoms with van der Waals surface area (Å²) in [4.78, 5) is 13.2. The molecule has 1 aliphatic heterocycles. The highest BCUT2D eigenvalue weighted by molar-refractivity contribution is 5.67. The molecular formula is C15H27N5O. The van der Waals surface area contributed by atoms with Crippen molar-refractivity contribution in [3.05, 3.63) is 6.33 Å². The lowest BCUT2D eigenvalue weighted by Gasteiger charge is -2.38. The minimum Gasteiger partial charge on any atom is -0.473 e. The minimum atomic E-state index is 0.0531. The summed E-state index contributed by atoms with van der Waals surface area (Å²) in [5.41, 5.74) is 6.72. The van der Waals surface area contributed by atoms with E-state index >= 15 is 0 Å². The lowest BCUT2D eigenvalue weighted by molar-refractivity contribution is 0.192. The minimum absolute atomic E-state index is 0.0531. The van der Waals surface area contributed by atoms with E-state index in [4.69, 9.17) is 10.5 Å². The molecule has 6 heteroatoms. The molecule has 0 saturated carbocycles. The maximum Gasteiger partial charge on any atom is 0.242 e. The highest BCUT2D eigenvalue weighted by Gasteiger charge is 2.23. The zero-order chi connectivity index (χ0) is 15.4. The van der Waals surface area contributed by atoms with Crippen LogP contribution >= 0.6 is 0 Å². The number of nitrogens with zero attached hydrogens (tertiary/aromatic N) is 4. The molecule has 1 saturated heterocycles. The zero-order valence-electron chi connectivity index (χ0n) is 13.5. The van der Waals surface area contributed by atoms with Crippen LogP contribution in [0.5, 0.6) is 5.88 Å². The average molecular weight is 293 g/mol. The average Bonchev–Trinajstić information content (AvgIpc) is 2.48. The van der Waals surface area contributed by atoms with Crippen LogP contribution in [-0.4, -0.2) is 53.2 Å². The fourth-order valence-corrected chi connectivity index (χ4v) is 2.57. The number of piperazine rings is 1. The normalized spacial score (nSPS) is 18.0. The number of hydrogen-bond donors (Lipinski definition) is 1. The van der Waals surface area contributed by atoms with Gasteiger partial charge in [0.05, 0.1) is 6.10 Å². The molecule has 1 fully saturated rings.